The highest BCUT2D eigenvalue weighted by atomic mass is 16.2. The Hall–Kier alpha value is -2.88. The lowest BCUT2D eigenvalue weighted by Crippen LogP contribution is -2.43. The molecule has 1 atom stereocenters. The van der Waals surface area contributed by atoms with Crippen LogP contribution in [0.25, 0.3) is 6.08 Å². The topological polar surface area (TPSA) is 49.4 Å². The molecule has 2 aromatic carbocycles. The van der Waals surface area contributed by atoms with E-state index in [-0.39, 0.29) is 17.7 Å². The van der Waals surface area contributed by atoms with Gasteiger partial charge >= 0.3 is 0 Å². The summed E-state index contributed by atoms with van der Waals surface area (Å²) >= 11 is 0. The Labute approximate surface area is 148 Å². The zero-order valence-corrected chi connectivity index (χ0v) is 14.1. The molecule has 1 aliphatic heterocycles. The summed E-state index contributed by atoms with van der Waals surface area (Å²) in [5.74, 6) is -0.222. The van der Waals surface area contributed by atoms with Gasteiger partial charge in [-0.05, 0) is 36.6 Å². The fourth-order valence-electron chi connectivity index (χ4n) is 2.99. The molecule has 4 heteroatoms. The standard InChI is InChI=1S/C21H22N2O2/c24-20(14-13-17-8-3-1-4-9-17)23-15-7-10-18(16-23)21(25)22-19-11-5-2-6-12-19/h1-6,8-9,11-14,18H,7,10,15-16H2,(H,22,25). The smallest absolute Gasteiger partial charge is 0.246 e. The van der Waals surface area contributed by atoms with E-state index >= 15 is 0 Å². The summed E-state index contributed by atoms with van der Waals surface area (Å²) in [7, 11) is 0. The number of amides is 2. The van der Waals surface area contributed by atoms with Gasteiger partial charge in [0.25, 0.3) is 0 Å². The Morgan fingerprint density at radius 1 is 1.00 bits per heavy atom. The Morgan fingerprint density at radius 3 is 2.40 bits per heavy atom. The minimum Gasteiger partial charge on any atom is -0.338 e. The maximum Gasteiger partial charge on any atom is 0.246 e. The maximum atomic E-state index is 12.4. The molecule has 1 fully saturated rings. The Morgan fingerprint density at radius 2 is 1.68 bits per heavy atom. The molecule has 128 valence electrons. The van der Waals surface area contributed by atoms with Gasteiger partial charge in [0.1, 0.15) is 0 Å². The summed E-state index contributed by atoms with van der Waals surface area (Å²) in [5.41, 5.74) is 1.78. The molecule has 0 spiro atoms. The van der Waals surface area contributed by atoms with E-state index in [2.05, 4.69) is 5.32 Å². The van der Waals surface area contributed by atoms with Gasteiger partial charge in [-0.15, -0.1) is 0 Å². The average Bonchev–Trinajstić information content (AvgIpc) is 2.68. The van der Waals surface area contributed by atoms with Crippen molar-refractivity contribution in [2.24, 2.45) is 5.92 Å². The van der Waals surface area contributed by atoms with Crippen molar-refractivity contribution in [3.05, 3.63) is 72.3 Å². The summed E-state index contributed by atoms with van der Waals surface area (Å²) in [4.78, 5) is 26.6. The molecule has 0 radical (unpaired) electrons. The number of para-hydroxylation sites is 1. The normalized spacial score (nSPS) is 17.4. The van der Waals surface area contributed by atoms with Crippen LogP contribution >= 0.6 is 0 Å². The third-order valence-corrected chi connectivity index (χ3v) is 4.36. The first-order valence-electron chi connectivity index (χ1n) is 8.60. The van der Waals surface area contributed by atoms with Crippen molar-refractivity contribution in [1.82, 2.24) is 4.90 Å². The number of likely N-dealkylation sites (tertiary alicyclic amines) is 1. The molecule has 4 nitrogen and oxygen atoms in total. The molecule has 1 saturated heterocycles. The Kier molecular flexibility index (Phi) is 5.62. The van der Waals surface area contributed by atoms with Gasteiger partial charge in [0.05, 0.1) is 5.92 Å². The number of hydrogen-bond donors (Lipinski definition) is 1. The van der Waals surface area contributed by atoms with Gasteiger partial charge in [0.2, 0.25) is 11.8 Å². The van der Waals surface area contributed by atoms with E-state index in [4.69, 9.17) is 0 Å². The second-order valence-corrected chi connectivity index (χ2v) is 6.22. The van der Waals surface area contributed by atoms with E-state index in [0.717, 1.165) is 24.1 Å². The van der Waals surface area contributed by atoms with Gasteiger partial charge in [0, 0.05) is 24.9 Å². The van der Waals surface area contributed by atoms with Gasteiger partial charge in [-0.25, -0.2) is 0 Å². The van der Waals surface area contributed by atoms with Gasteiger partial charge in [-0.2, -0.15) is 0 Å². The van der Waals surface area contributed by atoms with E-state index in [1.165, 1.54) is 0 Å². The van der Waals surface area contributed by atoms with Crippen molar-refractivity contribution in [2.45, 2.75) is 12.8 Å². The van der Waals surface area contributed by atoms with Crippen molar-refractivity contribution < 1.29 is 9.59 Å². The minimum atomic E-state index is -0.164. The van der Waals surface area contributed by atoms with Gasteiger partial charge in [-0.3, -0.25) is 9.59 Å². The zero-order valence-electron chi connectivity index (χ0n) is 14.1. The quantitative estimate of drug-likeness (QED) is 0.869. The van der Waals surface area contributed by atoms with Crippen LogP contribution in [-0.4, -0.2) is 29.8 Å². The molecule has 1 N–H and O–H groups in total. The molecule has 0 saturated carbocycles. The van der Waals surface area contributed by atoms with Crippen LogP contribution in [0.4, 0.5) is 5.69 Å². The third-order valence-electron chi connectivity index (χ3n) is 4.36. The van der Waals surface area contributed by atoms with E-state index in [1.54, 1.807) is 11.0 Å². The van der Waals surface area contributed by atoms with Crippen LogP contribution in [0.2, 0.25) is 0 Å². The fourth-order valence-corrected chi connectivity index (χ4v) is 2.99. The fraction of sp³-hybridized carbons (Fsp3) is 0.238. The highest BCUT2D eigenvalue weighted by Gasteiger charge is 2.27. The van der Waals surface area contributed by atoms with Crippen LogP contribution < -0.4 is 5.32 Å². The number of carbonyl (C=O) groups excluding carboxylic acids is 2. The van der Waals surface area contributed by atoms with E-state index in [1.807, 2.05) is 66.7 Å². The number of benzene rings is 2. The van der Waals surface area contributed by atoms with E-state index < -0.39 is 0 Å². The number of nitrogens with one attached hydrogen (secondary N) is 1. The van der Waals surface area contributed by atoms with Crippen LogP contribution in [0, 0.1) is 5.92 Å². The molecular weight excluding hydrogens is 312 g/mol. The van der Waals surface area contributed by atoms with Gasteiger partial charge < -0.3 is 10.2 Å². The third kappa shape index (κ3) is 4.80. The number of piperidine rings is 1. The monoisotopic (exact) mass is 334 g/mol. The summed E-state index contributed by atoms with van der Waals surface area (Å²) < 4.78 is 0. The molecule has 3 rings (SSSR count). The van der Waals surface area contributed by atoms with Crippen LogP contribution in [0.15, 0.2) is 66.7 Å². The largest absolute Gasteiger partial charge is 0.338 e. The van der Waals surface area contributed by atoms with Crippen molar-refractivity contribution in [1.29, 1.82) is 0 Å². The number of carbonyl (C=O) groups is 2. The lowest BCUT2D eigenvalue weighted by Gasteiger charge is -2.31. The zero-order chi connectivity index (χ0) is 17.5. The minimum absolute atomic E-state index is 0.0178. The summed E-state index contributed by atoms with van der Waals surface area (Å²) in [6, 6.07) is 19.2. The van der Waals surface area contributed by atoms with Crippen LogP contribution in [-0.2, 0) is 9.59 Å². The molecule has 2 aromatic rings. The molecule has 1 unspecified atom stereocenters. The Balaban J connectivity index is 1.58. The first-order chi connectivity index (χ1) is 12.2. The van der Waals surface area contributed by atoms with Crippen LogP contribution in [0.5, 0.6) is 0 Å². The van der Waals surface area contributed by atoms with Crippen molar-refractivity contribution in [2.75, 3.05) is 18.4 Å². The van der Waals surface area contributed by atoms with Gasteiger partial charge in [-0.1, -0.05) is 48.5 Å². The van der Waals surface area contributed by atoms with Crippen LogP contribution in [0.1, 0.15) is 18.4 Å². The molecule has 0 aromatic heterocycles. The molecular formula is C21H22N2O2. The van der Waals surface area contributed by atoms with Crippen molar-refractivity contribution >= 4 is 23.6 Å². The molecule has 1 heterocycles. The number of nitrogens with zero attached hydrogens (tertiary/aromatic N) is 1. The highest BCUT2D eigenvalue weighted by Crippen LogP contribution is 2.19. The molecule has 2 amide bonds. The number of rotatable bonds is 4. The first kappa shape index (κ1) is 17.0. The lowest BCUT2D eigenvalue weighted by atomic mass is 9.97. The predicted octanol–water partition coefficient (Wildman–Crippen LogP) is 3.58. The van der Waals surface area contributed by atoms with E-state index in [0.29, 0.717) is 13.1 Å². The average molecular weight is 334 g/mol. The second kappa shape index (κ2) is 8.29. The number of anilines is 1. The Bertz CT molecular complexity index is 741. The van der Waals surface area contributed by atoms with Crippen LogP contribution in [0.3, 0.4) is 0 Å². The molecule has 25 heavy (non-hydrogen) atoms. The summed E-state index contributed by atoms with van der Waals surface area (Å²) in [6.07, 6.45) is 5.06. The van der Waals surface area contributed by atoms with Gasteiger partial charge in [0.15, 0.2) is 0 Å². The molecule has 0 aliphatic carbocycles. The predicted molar refractivity (Wildman–Crippen MR) is 99.9 cm³/mol. The molecule has 0 bridgehead atoms. The van der Waals surface area contributed by atoms with Crippen molar-refractivity contribution in [3.63, 3.8) is 0 Å². The first-order valence-corrected chi connectivity index (χ1v) is 8.60. The van der Waals surface area contributed by atoms with E-state index in [9.17, 15) is 9.59 Å². The summed E-state index contributed by atoms with van der Waals surface area (Å²) in [6.45, 7) is 1.17. The second-order valence-electron chi connectivity index (χ2n) is 6.22. The molecule has 1 aliphatic rings. The SMILES string of the molecule is O=C(Nc1ccccc1)C1CCCN(C(=O)C=Cc2ccccc2)C1. The lowest BCUT2D eigenvalue weighted by molar-refractivity contribution is -0.130. The summed E-state index contributed by atoms with van der Waals surface area (Å²) in [5, 5.41) is 2.93. The van der Waals surface area contributed by atoms with Crippen molar-refractivity contribution in [3.8, 4) is 0 Å². The maximum absolute atomic E-state index is 12.4. The number of hydrogen-bond acceptors (Lipinski definition) is 2. The highest BCUT2D eigenvalue weighted by molar-refractivity contribution is 5.95.